The molecule has 1 aliphatic carbocycles. The minimum Gasteiger partial charge on any atom is -0.481 e. The second-order valence-corrected chi connectivity index (χ2v) is 5.50. The minimum absolute atomic E-state index is 0.0162. The maximum absolute atomic E-state index is 12.0. The van der Waals surface area contributed by atoms with Crippen molar-refractivity contribution < 1.29 is 14.7 Å². The van der Waals surface area contributed by atoms with Crippen LogP contribution in [0.25, 0.3) is 0 Å². The van der Waals surface area contributed by atoms with Crippen molar-refractivity contribution in [3.05, 3.63) is 25.3 Å². The van der Waals surface area contributed by atoms with Gasteiger partial charge in [0.1, 0.15) is 0 Å². The monoisotopic (exact) mass is 294 g/mol. The zero-order valence-electron chi connectivity index (χ0n) is 12.6. The van der Waals surface area contributed by atoms with Gasteiger partial charge in [-0.15, -0.1) is 13.2 Å². The third-order valence-electron chi connectivity index (χ3n) is 3.96. The van der Waals surface area contributed by atoms with Crippen molar-refractivity contribution in [2.24, 2.45) is 11.8 Å². The molecule has 5 heteroatoms. The maximum Gasteiger partial charge on any atom is 0.306 e. The van der Waals surface area contributed by atoms with Crippen molar-refractivity contribution >= 4 is 11.9 Å². The Hall–Kier alpha value is -1.62. The number of carbonyl (C=O) groups is 2. The molecule has 1 saturated carbocycles. The average Bonchev–Trinajstić information content (AvgIpc) is 2.47. The Bertz CT molecular complexity index is 372. The van der Waals surface area contributed by atoms with Crippen molar-refractivity contribution in [1.29, 1.82) is 0 Å². The summed E-state index contributed by atoms with van der Waals surface area (Å²) in [4.78, 5) is 24.9. The van der Waals surface area contributed by atoms with Gasteiger partial charge < -0.3 is 15.3 Å². The molecule has 0 saturated heterocycles. The summed E-state index contributed by atoms with van der Waals surface area (Å²) in [6.07, 6.45) is 7.09. The van der Waals surface area contributed by atoms with Crippen molar-refractivity contribution in [1.82, 2.24) is 10.2 Å². The Labute approximate surface area is 126 Å². The lowest BCUT2D eigenvalue weighted by Crippen LogP contribution is -2.41. The molecule has 1 aliphatic rings. The number of amides is 1. The number of nitrogens with one attached hydrogen (secondary N) is 1. The van der Waals surface area contributed by atoms with Crippen LogP contribution in [-0.2, 0) is 9.59 Å². The number of hydrogen-bond donors (Lipinski definition) is 2. The topological polar surface area (TPSA) is 69.6 Å². The fourth-order valence-electron chi connectivity index (χ4n) is 2.84. The molecule has 0 aromatic rings. The molecular formula is C16H26N2O3. The van der Waals surface area contributed by atoms with E-state index in [-0.39, 0.29) is 24.3 Å². The van der Waals surface area contributed by atoms with Gasteiger partial charge >= 0.3 is 5.97 Å². The van der Waals surface area contributed by atoms with Gasteiger partial charge in [-0.05, 0) is 25.3 Å². The first-order valence-electron chi connectivity index (χ1n) is 7.53. The van der Waals surface area contributed by atoms with Gasteiger partial charge in [0.15, 0.2) is 0 Å². The largest absolute Gasteiger partial charge is 0.481 e. The fraction of sp³-hybridized carbons (Fsp3) is 0.625. The van der Waals surface area contributed by atoms with Crippen molar-refractivity contribution in [3.63, 3.8) is 0 Å². The van der Waals surface area contributed by atoms with E-state index < -0.39 is 5.97 Å². The second-order valence-electron chi connectivity index (χ2n) is 5.50. The number of rotatable bonds is 9. The van der Waals surface area contributed by atoms with Crippen LogP contribution in [0.2, 0.25) is 0 Å². The molecule has 2 N–H and O–H groups in total. The lowest BCUT2D eigenvalue weighted by atomic mass is 9.79. The summed E-state index contributed by atoms with van der Waals surface area (Å²) in [6, 6.07) is 0. The van der Waals surface area contributed by atoms with Gasteiger partial charge in [-0.2, -0.15) is 0 Å². The van der Waals surface area contributed by atoms with E-state index >= 15 is 0 Å². The molecule has 0 radical (unpaired) electrons. The number of aliphatic carboxylic acids is 1. The fourth-order valence-corrected chi connectivity index (χ4v) is 2.84. The van der Waals surface area contributed by atoms with E-state index in [1.165, 1.54) is 0 Å². The number of nitrogens with zero attached hydrogens (tertiary/aromatic N) is 1. The number of carbonyl (C=O) groups excluding carboxylic acids is 1. The molecule has 0 aromatic heterocycles. The van der Waals surface area contributed by atoms with Crippen LogP contribution in [0.4, 0.5) is 0 Å². The van der Waals surface area contributed by atoms with Crippen LogP contribution >= 0.6 is 0 Å². The number of carboxylic acids is 1. The Morgan fingerprint density at radius 2 is 1.81 bits per heavy atom. The van der Waals surface area contributed by atoms with E-state index in [0.717, 1.165) is 25.7 Å². The van der Waals surface area contributed by atoms with Gasteiger partial charge in [-0.1, -0.05) is 25.0 Å². The van der Waals surface area contributed by atoms with E-state index in [0.29, 0.717) is 19.6 Å². The summed E-state index contributed by atoms with van der Waals surface area (Å²) in [5, 5.41) is 12.3. The van der Waals surface area contributed by atoms with Crippen molar-refractivity contribution in [2.45, 2.75) is 25.7 Å². The van der Waals surface area contributed by atoms with E-state index in [9.17, 15) is 14.7 Å². The zero-order valence-corrected chi connectivity index (χ0v) is 12.6. The summed E-state index contributed by atoms with van der Waals surface area (Å²) in [6.45, 7) is 9.06. The molecule has 2 atom stereocenters. The molecular weight excluding hydrogens is 268 g/mol. The summed E-state index contributed by atoms with van der Waals surface area (Å²) >= 11 is 0. The van der Waals surface area contributed by atoms with Crippen LogP contribution in [0.5, 0.6) is 0 Å². The van der Waals surface area contributed by atoms with Gasteiger partial charge in [0.2, 0.25) is 5.91 Å². The Morgan fingerprint density at radius 1 is 1.19 bits per heavy atom. The average molecular weight is 294 g/mol. The molecule has 1 rings (SSSR count). The van der Waals surface area contributed by atoms with Gasteiger partial charge in [0, 0.05) is 13.1 Å². The summed E-state index contributed by atoms with van der Waals surface area (Å²) in [7, 11) is 0. The third-order valence-corrected chi connectivity index (χ3v) is 3.96. The van der Waals surface area contributed by atoms with Gasteiger partial charge in [0.05, 0.1) is 12.5 Å². The molecule has 0 aliphatic heterocycles. The summed E-state index contributed by atoms with van der Waals surface area (Å²) in [5.74, 6) is -0.889. The van der Waals surface area contributed by atoms with Gasteiger partial charge in [-0.25, -0.2) is 0 Å². The standard InChI is InChI=1S/C16H26N2O3/c1-3-9-18(10-4-2)15(19)12-17-11-13-7-5-6-8-14(13)16(20)21/h3-4,13-14,17H,1-2,5-12H2,(H,20,21). The Balaban J connectivity index is 2.39. The smallest absolute Gasteiger partial charge is 0.306 e. The number of hydrogen-bond acceptors (Lipinski definition) is 3. The summed E-state index contributed by atoms with van der Waals surface area (Å²) < 4.78 is 0. The van der Waals surface area contributed by atoms with Crippen LogP contribution in [0.15, 0.2) is 25.3 Å². The first kappa shape index (κ1) is 17.4. The summed E-state index contributed by atoms with van der Waals surface area (Å²) in [5.41, 5.74) is 0. The molecule has 0 aromatic carbocycles. The normalized spacial score (nSPS) is 21.5. The Kier molecular flexibility index (Phi) is 7.75. The molecule has 1 amide bonds. The van der Waals surface area contributed by atoms with Crippen molar-refractivity contribution in [2.75, 3.05) is 26.2 Å². The molecule has 118 valence electrons. The predicted molar refractivity (Wildman–Crippen MR) is 82.9 cm³/mol. The molecule has 1 fully saturated rings. The highest BCUT2D eigenvalue weighted by atomic mass is 16.4. The van der Waals surface area contributed by atoms with E-state index in [1.807, 2.05) is 0 Å². The SMILES string of the molecule is C=CCN(CC=C)C(=O)CNCC1CCCCC1C(=O)O. The van der Waals surface area contributed by atoms with Crippen LogP contribution in [0.3, 0.4) is 0 Å². The minimum atomic E-state index is -0.715. The molecule has 21 heavy (non-hydrogen) atoms. The molecule has 0 spiro atoms. The van der Waals surface area contributed by atoms with Crippen LogP contribution in [0.1, 0.15) is 25.7 Å². The van der Waals surface area contributed by atoms with Crippen LogP contribution in [0, 0.1) is 11.8 Å². The van der Waals surface area contributed by atoms with Crippen molar-refractivity contribution in [3.8, 4) is 0 Å². The molecule has 2 unspecified atom stereocenters. The lowest BCUT2D eigenvalue weighted by molar-refractivity contribution is -0.144. The van der Waals surface area contributed by atoms with Crippen LogP contribution < -0.4 is 5.32 Å². The number of carboxylic acid groups (broad SMARTS) is 1. The van der Waals surface area contributed by atoms with Gasteiger partial charge in [-0.3, -0.25) is 9.59 Å². The van der Waals surface area contributed by atoms with E-state index in [4.69, 9.17) is 0 Å². The quantitative estimate of drug-likeness (QED) is 0.635. The maximum atomic E-state index is 12.0. The highest BCUT2D eigenvalue weighted by Gasteiger charge is 2.30. The third kappa shape index (κ3) is 5.71. The molecule has 5 nitrogen and oxygen atoms in total. The first-order chi connectivity index (χ1) is 10.1. The Morgan fingerprint density at radius 3 is 2.38 bits per heavy atom. The second kappa shape index (κ2) is 9.34. The van der Waals surface area contributed by atoms with Crippen LogP contribution in [-0.4, -0.2) is 48.1 Å². The predicted octanol–water partition coefficient (Wildman–Crippen LogP) is 1.67. The molecule has 0 bridgehead atoms. The molecule has 0 heterocycles. The first-order valence-corrected chi connectivity index (χ1v) is 7.53. The zero-order chi connectivity index (χ0) is 15.7. The highest BCUT2D eigenvalue weighted by molar-refractivity contribution is 5.78. The van der Waals surface area contributed by atoms with Gasteiger partial charge in [0.25, 0.3) is 0 Å². The highest BCUT2D eigenvalue weighted by Crippen LogP contribution is 2.29. The van der Waals surface area contributed by atoms with E-state index in [1.54, 1.807) is 17.1 Å². The lowest BCUT2D eigenvalue weighted by Gasteiger charge is -2.29. The van der Waals surface area contributed by atoms with E-state index in [2.05, 4.69) is 18.5 Å².